The van der Waals surface area contributed by atoms with Gasteiger partial charge in [-0.25, -0.2) is 0 Å². The van der Waals surface area contributed by atoms with E-state index in [1.165, 1.54) is 32.1 Å². The number of phenols is 1. The Morgan fingerprint density at radius 3 is 2.27 bits per heavy atom. The van der Waals surface area contributed by atoms with Crippen molar-refractivity contribution in [2.45, 2.75) is 38.1 Å². The molecule has 0 aromatic heterocycles. The number of halogens is 2. The van der Waals surface area contributed by atoms with E-state index in [2.05, 4.69) is 22.3 Å². The van der Waals surface area contributed by atoms with Gasteiger partial charge in [0, 0.05) is 37.8 Å². The van der Waals surface area contributed by atoms with Gasteiger partial charge in [-0.05, 0) is 24.8 Å². The van der Waals surface area contributed by atoms with Gasteiger partial charge in [0.15, 0.2) is 0 Å². The first-order valence-corrected chi connectivity index (χ1v) is 8.09. The van der Waals surface area contributed by atoms with Crippen LogP contribution in [0, 0.1) is 5.92 Å². The molecule has 3 nitrogen and oxygen atoms in total. The summed E-state index contributed by atoms with van der Waals surface area (Å²) in [4.78, 5) is 2.58. The Morgan fingerprint density at radius 2 is 1.64 bits per heavy atom. The van der Waals surface area contributed by atoms with Gasteiger partial charge in [-0.1, -0.05) is 37.5 Å². The largest absolute Gasteiger partial charge is 0.508 e. The van der Waals surface area contributed by atoms with Crippen LogP contribution in [0.5, 0.6) is 5.75 Å². The number of rotatable bonds is 3. The van der Waals surface area contributed by atoms with Crippen LogP contribution in [0.4, 0.5) is 0 Å². The lowest BCUT2D eigenvalue weighted by atomic mass is 9.80. The van der Waals surface area contributed by atoms with E-state index in [0.717, 1.165) is 31.7 Å². The van der Waals surface area contributed by atoms with Gasteiger partial charge < -0.3 is 10.4 Å². The van der Waals surface area contributed by atoms with Crippen molar-refractivity contribution in [1.82, 2.24) is 10.2 Å². The molecular formula is C17H28Cl2N2O. The lowest BCUT2D eigenvalue weighted by Gasteiger charge is -2.41. The van der Waals surface area contributed by atoms with Crippen LogP contribution in [0.3, 0.4) is 0 Å². The summed E-state index contributed by atoms with van der Waals surface area (Å²) in [7, 11) is 0. The fourth-order valence-electron chi connectivity index (χ4n) is 3.90. The highest BCUT2D eigenvalue weighted by Crippen LogP contribution is 2.41. The monoisotopic (exact) mass is 346 g/mol. The number of hydrogen-bond acceptors (Lipinski definition) is 3. The second-order valence-electron chi connectivity index (χ2n) is 6.19. The van der Waals surface area contributed by atoms with E-state index >= 15 is 0 Å². The number of aromatic hydroxyl groups is 1. The summed E-state index contributed by atoms with van der Waals surface area (Å²) in [5.74, 6) is 1.18. The predicted molar refractivity (Wildman–Crippen MR) is 96.4 cm³/mol. The van der Waals surface area contributed by atoms with E-state index in [9.17, 15) is 5.11 Å². The minimum absolute atomic E-state index is 0. The second-order valence-corrected chi connectivity index (χ2v) is 6.19. The minimum atomic E-state index is 0. The van der Waals surface area contributed by atoms with E-state index in [1.807, 2.05) is 12.1 Å². The van der Waals surface area contributed by atoms with Crippen molar-refractivity contribution in [3.8, 4) is 5.75 Å². The highest BCUT2D eigenvalue weighted by atomic mass is 35.5. The quantitative estimate of drug-likeness (QED) is 0.874. The highest BCUT2D eigenvalue weighted by molar-refractivity contribution is 5.85. The first-order chi connectivity index (χ1) is 9.86. The van der Waals surface area contributed by atoms with Gasteiger partial charge in [-0.3, -0.25) is 4.90 Å². The van der Waals surface area contributed by atoms with Crippen molar-refractivity contribution in [3.05, 3.63) is 29.8 Å². The molecule has 1 heterocycles. The second kappa shape index (κ2) is 9.61. The summed E-state index contributed by atoms with van der Waals surface area (Å²) in [6, 6.07) is 8.35. The zero-order valence-corrected chi connectivity index (χ0v) is 14.7. The van der Waals surface area contributed by atoms with Gasteiger partial charge in [-0.15, -0.1) is 24.8 Å². The number of phenolic OH excluding ortho intramolecular Hbond substituents is 1. The van der Waals surface area contributed by atoms with Crippen molar-refractivity contribution < 1.29 is 5.11 Å². The number of nitrogens with one attached hydrogen (secondary N) is 1. The van der Waals surface area contributed by atoms with Gasteiger partial charge in [0.25, 0.3) is 0 Å². The molecular weight excluding hydrogens is 319 g/mol. The van der Waals surface area contributed by atoms with Crippen LogP contribution in [-0.4, -0.2) is 36.2 Å². The molecule has 1 aliphatic heterocycles. The maximum Gasteiger partial charge on any atom is 0.120 e. The molecule has 2 aliphatic rings. The molecule has 0 unspecified atom stereocenters. The average molecular weight is 347 g/mol. The fourth-order valence-corrected chi connectivity index (χ4v) is 3.90. The molecule has 22 heavy (non-hydrogen) atoms. The lowest BCUT2D eigenvalue weighted by Crippen LogP contribution is -2.47. The standard InChI is InChI=1S/C17H26N2O.2ClH/c20-16-9-5-4-8-15(16)17(14-6-2-1-3-7-14)19-12-10-18-11-13-19;;/h4-5,8-9,14,17-18,20H,1-3,6-7,10-13H2;2*1H/t17-;;/m0../s1. The van der Waals surface area contributed by atoms with Gasteiger partial charge in [0.2, 0.25) is 0 Å². The Hall–Kier alpha value is -0.480. The number of benzene rings is 1. The normalized spacial score (nSPS) is 21.5. The van der Waals surface area contributed by atoms with Crippen LogP contribution < -0.4 is 5.32 Å². The zero-order valence-electron chi connectivity index (χ0n) is 13.0. The van der Waals surface area contributed by atoms with E-state index in [-0.39, 0.29) is 24.8 Å². The first-order valence-electron chi connectivity index (χ1n) is 8.09. The van der Waals surface area contributed by atoms with E-state index in [4.69, 9.17) is 0 Å². The zero-order chi connectivity index (χ0) is 13.8. The molecule has 3 rings (SSSR count). The van der Waals surface area contributed by atoms with Crippen LogP contribution in [0.15, 0.2) is 24.3 Å². The summed E-state index contributed by atoms with van der Waals surface area (Å²) < 4.78 is 0. The van der Waals surface area contributed by atoms with Crippen molar-refractivity contribution >= 4 is 24.8 Å². The van der Waals surface area contributed by atoms with Crippen molar-refractivity contribution in [3.63, 3.8) is 0 Å². The molecule has 1 aromatic rings. The molecule has 2 fully saturated rings. The molecule has 2 N–H and O–H groups in total. The van der Waals surface area contributed by atoms with Crippen LogP contribution in [-0.2, 0) is 0 Å². The summed E-state index contributed by atoms with van der Waals surface area (Å²) in [5, 5.41) is 13.7. The summed E-state index contributed by atoms with van der Waals surface area (Å²) >= 11 is 0. The summed E-state index contributed by atoms with van der Waals surface area (Å²) in [6.07, 6.45) is 6.69. The molecule has 0 bridgehead atoms. The number of hydrogen-bond donors (Lipinski definition) is 2. The van der Waals surface area contributed by atoms with E-state index < -0.39 is 0 Å². The maximum atomic E-state index is 10.3. The lowest BCUT2D eigenvalue weighted by molar-refractivity contribution is 0.101. The third-order valence-corrected chi connectivity index (χ3v) is 4.90. The Kier molecular flexibility index (Phi) is 8.55. The van der Waals surface area contributed by atoms with Crippen LogP contribution in [0.2, 0.25) is 0 Å². The van der Waals surface area contributed by atoms with Crippen LogP contribution in [0.1, 0.15) is 43.7 Å². The topological polar surface area (TPSA) is 35.5 Å². The van der Waals surface area contributed by atoms with Gasteiger partial charge in [0.1, 0.15) is 5.75 Å². The molecule has 1 aliphatic carbocycles. The Bertz CT molecular complexity index is 414. The Labute approximate surface area is 146 Å². The molecule has 0 radical (unpaired) electrons. The van der Waals surface area contributed by atoms with Crippen molar-refractivity contribution in [2.75, 3.05) is 26.2 Å². The molecule has 1 aromatic carbocycles. The molecule has 0 amide bonds. The fraction of sp³-hybridized carbons (Fsp3) is 0.647. The smallest absolute Gasteiger partial charge is 0.120 e. The maximum absolute atomic E-state index is 10.3. The summed E-state index contributed by atoms with van der Waals surface area (Å²) in [5.41, 5.74) is 1.14. The van der Waals surface area contributed by atoms with Crippen LogP contribution >= 0.6 is 24.8 Å². The van der Waals surface area contributed by atoms with Gasteiger partial charge >= 0.3 is 0 Å². The highest BCUT2D eigenvalue weighted by Gasteiger charge is 2.32. The third kappa shape index (κ3) is 4.51. The molecule has 1 saturated heterocycles. The van der Waals surface area contributed by atoms with Crippen molar-refractivity contribution in [2.24, 2.45) is 5.92 Å². The molecule has 5 heteroatoms. The first kappa shape index (κ1) is 19.6. The average Bonchev–Trinajstić information content (AvgIpc) is 2.52. The van der Waals surface area contributed by atoms with E-state index in [1.54, 1.807) is 0 Å². The molecule has 0 spiro atoms. The Balaban J connectivity index is 0.00000121. The van der Waals surface area contributed by atoms with E-state index in [0.29, 0.717) is 17.7 Å². The van der Waals surface area contributed by atoms with Gasteiger partial charge in [-0.2, -0.15) is 0 Å². The molecule has 1 saturated carbocycles. The van der Waals surface area contributed by atoms with Crippen molar-refractivity contribution in [1.29, 1.82) is 0 Å². The summed E-state index contributed by atoms with van der Waals surface area (Å²) in [6.45, 7) is 4.32. The molecule has 1 atom stereocenters. The third-order valence-electron chi connectivity index (χ3n) is 4.90. The number of para-hydroxylation sites is 1. The number of piperazine rings is 1. The number of nitrogens with zero attached hydrogens (tertiary/aromatic N) is 1. The Morgan fingerprint density at radius 1 is 1.00 bits per heavy atom. The minimum Gasteiger partial charge on any atom is -0.508 e. The SMILES string of the molecule is Cl.Cl.Oc1ccccc1[C@H](C1CCCCC1)N1CCNCC1. The molecule has 126 valence electrons. The predicted octanol–water partition coefficient (Wildman–Crippen LogP) is 3.76. The van der Waals surface area contributed by atoms with Gasteiger partial charge in [0.05, 0.1) is 0 Å². The van der Waals surface area contributed by atoms with Crippen LogP contribution in [0.25, 0.3) is 0 Å².